The molecule has 1 amide bonds. The molecule has 0 radical (unpaired) electrons. The van der Waals surface area contributed by atoms with Crippen LogP contribution < -0.4 is 10.9 Å². The van der Waals surface area contributed by atoms with Gasteiger partial charge in [0.15, 0.2) is 0 Å². The summed E-state index contributed by atoms with van der Waals surface area (Å²) in [5.41, 5.74) is -0.360. The molecule has 0 bridgehead atoms. The second-order valence-electron chi connectivity index (χ2n) is 5.75. The van der Waals surface area contributed by atoms with E-state index < -0.39 is 34.8 Å². The SMILES string of the molecule is O=C(Cn1cc(C(F)(F)F)cc(Cl)c1=O)Nc1cccc(C2SCCS2)c1. The van der Waals surface area contributed by atoms with Crippen molar-refractivity contribution in [3.63, 3.8) is 0 Å². The van der Waals surface area contributed by atoms with Crippen molar-refractivity contribution < 1.29 is 18.0 Å². The number of hydrogen-bond donors (Lipinski definition) is 1. The highest BCUT2D eigenvalue weighted by molar-refractivity contribution is 8.19. The van der Waals surface area contributed by atoms with Gasteiger partial charge in [-0.05, 0) is 23.8 Å². The number of alkyl halides is 3. The summed E-state index contributed by atoms with van der Waals surface area (Å²) >= 11 is 9.23. The maximum Gasteiger partial charge on any atom is 0.417 e. The number of benzene rings is 1. The molecule has 1 aromatic heterocycles. The lowest BCUT2D eigenvalue weighted by Gasteiger charge is -2.13. The number of thioether (sulfide) groups is 2. The van der Waals surface area contributed by atoms with Crippen molar-refractivity contribution in [2.45, 2.75) is 17.3 Å². The topological polar surface area (TPSA) is 51.1 Å². The molecule has 0 spiro atoms. The third kappa shape index (κ3) is 5.03. The van der Waals surface area contributed by atoms with Crippen LogP contribution in [0.2, 0.25) is 5.02 Å². The highest BCUT2D eigenvalue weighted by atomic mass is 35.5. The molecule has 1 saturated heterocycles. The van der Waals surface area contributed by atoms with Gasteiger partial charge in [0.2, 0.25) is 5.91 Å². The number of hydrogen-bond acceptors (Lipinski definition) is 4. The van der Waals surface area contributed by atoms with Gasteiger partial charge in [-0.2, -0.15) is 13.2 Å². The van der Waals surface area contributed by atoms with Gasteiger partial charge in [0.25, 0.3) is 5.56 Å². The van der Waals surface area contributed by atoms with Crippen molar-refractivity contribution in [1.29, 1.82) is 0 Å². The summed E-state index contributed by atoms with van der Waals surface area (Å²) in [6, 6.07) is 7.84. The summed E-state index contributed by atoms with van der Waals surface area (Å²) in [7, 11) is 0. The summed E-state index contributed by atoms with van der Waals surface area (Å²) in [5, 5.41) is 2.03. The highest BCUT2D eigenvalue weighted by Crippen LogP contribution is 2.45. The summed E-state index contributed by atoms with van der Waals surface area (Å²) < 4.78 is 39.6. The Labute approximate surface area is 166 Å². The monoisotopic (exact) mass is 434 g/mol. The molecule has 27 heavy (non-hydrogen) atoms. The lowest BCUT2D eigenvalue weighted by Crippen LogP contribution is -2.29. The van der Waals surface area contributed by atoms with Crippen LogP contribution in [0.25, 0.3) is 0 Å². The van der Waals surface area contributed by atoms with Crippen LogP contribution in [0, 0.1) is 0 Å². The zero-order valence-electron chi connectivity index (χ0n) is 13.8. The van der Waals surface area contributed by atoms with E-state index in [1.54, 1.807) is 12.1 Å². The normalized spacial score (nSPS) is 15.1. The Morgan fingerprint density at radius 1 is 1.26 bits per heavy atom. The molecular formula is C17H14ClF3N2O2S2. The third-order valence-electron chi connectivity index (χ3n) is 3.75. The fraction of sp³-hybridized carbons (Fsp3) is 0.294. The molecule has 0 aliphatic carbocycles. The van der Waals surface area contributed by atoms with Gasteiger partial charge in [-0.25, -0.2) is 0 Å². The van der Waals surface area contributed by atoms with Gasteiger partial charge in [-0.15, -0.1) is 23.5 Å². The molecule has 1 fully saturated rings. The third-order valence-corrected chi connectivity index (χ3v) is 7.12. The molecule has 3 rings (SSSR count). The maximum atomic E-state index is 12.9. The lowest BCUT2D eigenvalue weighted by molar-refractivity contribution is -0.138. The van der Waals surface area contributed by atoms with Crippen molar-refractivity contribution in [3.8, 4) is 0 Å². The molecule has 0 unspecified atom stereocenters. The zero-order valence-corrected chi connectivity index (χ0v) is 16.1. The van der Waals surface area contributed by atoms with Crippen LogP contribution in [0.15, 0.2) is 41.3 Å². The second-order valence-corrected chi connectivity index (χ2v) is 8.89. The first kappa shape index (κ1) is 20.2. The number of halogens is 4. The average Bonchev–Trinajstić information content (AvgIpc) is 3.12. The fourth-order valence-corrected chi connectivity index (χ4v) is 5.61. The first-order valence-corrected chi connectivity index (χ1v) is 10.3. The molecule has 10 heteroatoms. The number of amides is 1. The van der Waals surface area contributed by atoms with E-state index in [-0.39, 0.29) is 0 Å². The summed E-state index contributed by atoms with van der Waals surface area (Å²) in [4.78, 5) is 24.2. The standard InChI is InChI=1S/C17H14ClF3N2O2S2/c18-13-7-11(17(19,20)21)8-23(15(13)25)9-14(24)22-12-3-1-2-10(6-12)16-26-4-5-27-16/h1-3,6-8,16H,4-5,9H2,(H,22,24). The van der Waals surface area contributed by atoms with E-state index in [9.17, 15) is 22.8 Å². The van der Waals surface area contributed by atoms with E-state index in [1.165, 1.54) is 0 Å². The Bertz CT molecular complexity index is 912. The molecule has 144 valence electrons. The minimum absolute atomic E-state index is 0.298. The molecular weight excluding hydrogens is 421 g/mol. The Morgan fingerprint density at radius 3 is 2.63 bits per heavy atom. The van der Waals surface area contributed by atoms with Gasteiger partial charge in [0.05, 0.1) is 10.1 Å². The number of carbonyl (C=O) groups is 1. The number of anilines is 1. The zero-order chi connectivity index (χ0) is 19.6. The fourth-order valence-electron chi connectivity index (χ4n) is 2.54. The van der Waals surface area contributed by atoms with Crippen molar-refractivity contribution in [2.24, 2.45) is 0 Å². The molecule has 1 aromatic carbocycles. The summed E-state index contributed by atoms with van der Waals surface area (Å²) in [5.74, 6) is 1.51. The van der Waals surface area contributed by atoms with Crippen LogP contribution in [0.5, 0.6) is 0 Å². The number of nitrogens with one attached hydrogen (secondary N) is 1. The summed E-state index contributed by atoms with van der Waals surface area (Å²) in [6.45, 7) is -0.570. The van der Waals surface area contributed by atoms with Crippen LogP contribution in [0.3, 0.4) is 0 Å². The Hall–Kier alpha value is -1.58. The Morgan fingerprint density at radius 2 is 1.96 bits per heavy atom. The minimum atomic E-state index is -4.67. The van der Waals surface area contributed by atoms with Crippen LogP contribution in [-0.2, 0) is 17.5 Å². The van der Waals surface area contributed by atoms with E-state index in [0.717, 1.165) is 17.1 Å². The molecule has 0 saturated carbocycles. The van der Waals surface area contributed by atoms with Crippen molar-refractivity contribution in [3.05, 3.63) is 63.0 Å². The average molecular weight is 435 g/mol. The van der Waals surface area contributed by atoms with Gasteiger partial charge < -0.3 is 9.88 Å². The van der Waals surface area contributed by atoms with Gasteiger partial charge in [-0.1, -0.05) is 23.7 Å². The van der Waals surface area contributed by atoms with Crippen molar-refractivity contribution >= 4 is 46.7 Å². The van der Waals surface area contributed by atoms with Gasteiger partial charge in [0.1, 0.15) is 11.6 Å². The van der Waals surface area contributed by atoms with Gasteiger partial charge >= 0.3 is 6.18 Å². The van der Waals surface area contributed by atoms with Crippen LogP contribution in [0.4, 0.5) is 18.9 Å². The molecule has 1 N–H and O–H groups in total. The van der Waals surface area contributed by atoms with E-state index in [4.69, 9.17) is 11.6 Å². The van der Waals surface area contributed by atoms with Crippen LogP contribution >= 0.6 is 35.1 Å². The maximum absolute atomic E-state index is 12.9. The molecule has 4 nitrogen and oxygen atoms in total. The number of pyridine rings is 1. The van der Waals surface area contributed by atoms with Crippen molar-refractivity contribution in [1.82, 2.24) is 4.57 Å². The second kappa shape index (κ2) is 8.20. The molecule has 0 atom stereocenters. The molecule has 2 aromatic rings. The van der Waals surface area contributed by atoms with Crippen LogP contribution in [-0.4, -0.2) is 22.0 Å². The number of carbonyl (C=O) groups excluding carboxylic acids is 1. The smallest absolute Gasteiger partial charge is 0.325 e. The largest absolute Gasteiger partial charge is 0.417 e. The Kier molecular flexibility index (Phi) is 6.12. The van der Waals surface area contributed by atoms with Gasteiger partial charge in [-0.3, -0.25) is 9.59 Å². The van der Waals surface area contributed by atoms with Crippen molar-refractivity contribution in [2.75, 3.05) is 16.8 Å². The first-order chi connectivity index (χ1) is 12.7. The van der Waals surface area contributed by atoms with E-state index >= 15 is 0 Å². The van der Waals surface area contributed by atoms with Crippen LogP contribution in [0.1, 0.15) is 15.7 Å². The number of aromatic nitrogens is 1. The molecule has 2 heterocycles. The number of nitrogens with zero attached hydrogens (tertiary/aromatic N) is 1. The lowest BCUT2D eigenvalue weighted by atomic mass is 10.2. The predicted octanol–water partition coefficient (Wildman–Crippen LogP) is 4.64. The molecule has 1 aliphatic rings. The predicted molar refractivity (Wildman–Crippen MR) is 103 cm³/mol. The van der Waals surface area contributed by atoms with Gasteiger partial charge in [0, 0.05) is 23.4 Å². The molecule has 1 aliphatic heterocycles. The van der Waals surface area contributed by atoms with E-state index in [1.807, 2.05) is 35.7 Å². The van der Waals surface area contributed by atoms with E-state index in [0.29, 0.717) is 27.1 Å². The highest BCUT2D eigenvalue weighted by Gasteiger charge is 2.32. The first-order valence-electron chi connectivity index (χ1n) is 7.84. The summed E-state index contributed by atoms with van der Waals surface area (Å²) in [6.07, 6.45) is -4.07. The quantitative estimate of drug-likeness (QED) is 0.761. The Balaban J connectivity index is 1.76. The number of rotatable bonds is 4. The van der Waals surface area contributed by atoms with E-state index in [2.05, 4.69) is 5.32 Å². The minimum Gasteiger partial charge on any atom is -0.325 e.